The lowest BCUT2D eigenvalue weighted by molar-refractivity contribution is 0.102. The van der Waals surface area contributed by atoms with E-state index in [9.17, 15) is 4.79 Å². The predicted octanol–water partition coefficient (Wildman–Crippen LogP) is 3.87. The lowest BCUT2D eigenvalue weighted by atomic mass is 10.2. The number of rotatable bonds is 5. The van der Waals surface area contributed by atoms with Crippen LogP contribution in [0.2, 0.25) is 0 Å². The largest absolute Gasteiger partial charge is 0.369 e. The third-order valence-corrected chi connectivity index (χ3v) is 3.51. The summed E-state index contributed by atoms with van der Waals surface area (Å²) in [4.78, 5) is 20.5. The lowest BCUT2D eigenvalue weighted by Gasteiger charge is -2.09. The molecule has 1 aromatic carbocycles. The van der Waals surface area contributed by atoms with Crippen LogP contribution >= 0.6 is 15.9 Å². The Morgan fingerprint density at radius 3 is 2.64 bits per heavy atom. The number of halogens is 1. The Hall–Kier alpha value is -1.95. The van der Waals surface area contributed by atoms with E-state index in [1.807, 2.05) is 25.1 Å². The maximum atomic E-state index is 12.2. The minimum atomic E-state index is -0.270. The van der Waals surface area contributed by atoms with Crippen molar-refractivity contribution < 1.29 is 4.79 Å². The zero-order valence-electron chi connectivity index (χ0n) is 12.9. The first kappa shape index (κ1) is 16.4. The summed E-state index contributed by atoms with van der Waals surface area (Å²) in [5.74, 6) is 0.920. The molecule has 2 rings (SSSR count). The van der Waals surface area contributed by atoms with Gasteiger partial charge in [-0.3, -0.25) is 4.79 Å². The first-order valence-electron chi connectivity index (χ1n) is 7.09. The molecule has 0 spiro atoms. The van der Waals surface area contributed by atoms with E-state index in [0.717, 1.165) is 22.3 Å². The standard InChI is InChI=1S/C16H19BrN4O/c1-10(2)7-19-15-9-18-14(8-20-15)16(22)21-13-5-4-12(17)6-11(13)3/h4-6,8-10H,7H2,1-3H3,(H,19,20)(H,21,22). The van der Waals surface area contributed by atoms with Gasteiger partial charge in [-0.05, 0) is 36.6 Å². The first-order chi connectivity index (χ1) is 10.5. The number of carbonyl (C=O) groups is 1. The van der Waals surface area contributed by atoms with Crippen LogP contribution in [0.4, 0.5) is 11.5 Å². The van der Waals surface area contributed by atoms with Gasteiger partial charge >= 0.3 is 0 Å². The van der Waals surface area contributed by atoms with Crippen LogP contribution in [-0.2, 0) is 0 Å². The third-order valence-electron chi connectivity index (χ3n) is 3.01. The first-order valence-corrected chi connectivity index (χ1v) is 7.88. The number of hydrogen-bond acceptors (Lipinski definition) is 4. The van der Waals surface area contributed by atoms with Crippen LogP contribution < -0.4 is 10.6 Å². The molecule has 0 aliphatic carbocycles. The van der Waals surface area contributed by atoms with Crippen LogP contribution in [0, 0.1) is 12.8 Å². The number of carbonyl (C=O) groups excluding carboxylic acids is 1. The van der Waals surface area contributed by atoms with Crippen molar-refractivity contribution in [2.75, 3.05) is 17.2 Å². The maximum Gasteiger partial charge on any atom is 0.275 e. The Morgan fingerprint density at radius 2 is 2.05 bits per heavy atom. The Morgan fingerprint density at radius 1 is 1.27 bits per heavy atom. The molecule has 6 heteroatoms. The summed E-state index contributed by atoms with van der Waals surface area (Å²) in [6.07, 6.45) is 3.05. The van der Waals surface area contributed by atoms with Gasteiger partial charge in [0.25, 0.3) is 5.91 Å². The SMILES string of the molecule is Cc1cc(Br)ccc1NC(=O)c1cnc(NCC(C)C)cn1. The van der Waals surface area contributed by atoms with Crippen molar-refractivity contribution in [3.05, 3.63) is 46.3 Å². The highest BCUT2D eigenvalue weighted by molar-refractivity contribution is 9.10. The van der Waals surface area contributed by atoms with Crippen molar-refractivity contribution in [2.45, 2.75) is 20.8 Å². The van der Waals surface area contributed by atoms with Crippen LogP contribution in [0.1, 0.15) is 29.9 Å². The van der Waals surface area contributed by atoms with Gasteiger partial charge in [-0.2, -0.15) is 0 Å². The fourth-order valence-electron chi connectivity index (χ4n) is 1.80. The fourth-order valence-corrected chi connectivity index (χ4v) is 2.27. The van der Waals surface area contributed by atoms with Gasteiger partial charge in [0.2, 0.25) is 0 Å². The average molecular weight is 363 g/mol. The fraction of sp³-hybridized carbons (Fsp3) is 0.312. The molecule has 0 fully saturated rings. The zero-order chi connectivity index (χ0) is 16.1. The van der Waals surface area contributed by atoms with E-state index in [1.54, 1.807) is 6.20 Å². The average Bonchev–Trinajstić information content (AvgIpc) is 2.48. The van der Waals surface area contributed by atoms with Crippen LogP contribution in [0.5, 0.6) is 0 Å². The third kappa shape index (κ3) is 4.53. The summed E-state index contributed by atoms with van der Waals surface area (Å²) in [7, 11) is 0. The summed E-state index contributed by atoms with van der Waals surface area (Å²) in [5, 5.41) is 6.01. The highest BCUT2D eigenvalue weighted by Gasteiger charge is 2.10. The molecule has 1 heterocycles. The molecule has 1 aromatic heterocycles. The van der Waals surface area contributed by atoms with Gasteiger partial charge in [-0.1, -0.05) is 29.8 Å². The molecular formula is C16H19BrN4O. The Balaban J connectivity index is 2.03. The van der Waals surface area contributed by atoms with Crippen molar-refractivity contribution in [2.24, 2.45) is 5.92 Å². The van der Waals surface area contributed by atoms with Gasteiger partial charge in [0, 0.05) is 16.7 Å². The van der Waals surface area contributed by atoms with E-state index < -0.39 is 0 Å². The van der Waals surface area contributed by atoms with Gasteiger partial charge in [0.1, 0.15) is 11.5 Å². The molecular weight excluding hydrogens is 344 g/mol. The summed E-state index contributed by atoms with van der Waals surface area (Å²) in [5.41, 5.74) is 2.03. The molecule has 0 aliphatic rings. The number of anilines is 2. The van der Waals surface area contributed by atoms with E-state index in [4.69, 9.17) is 0 Å². The second-order valence-electron chi connectivity index (χ2n) is 5.47. The molecule has 0 saturated carbocycles. The molecule has 5 nitrogen and oxygen atoms in total. The monoisotopic (exact) mass is 362 g/mol. The molecule has 22 heavy (non-hydrogen) atoms. The van der Waals surface area contributed by atoms with Gasteiger partial charge < -0.3 is 10.6 Å². The summed E-state index contributed by atoms with van der Waals surface area (Å²) >= 11 is 3.40. The van der Waals surface area contributed by atoms with Crippen molar-refractivity contribution in [1.82, 2.24) is 9.97 Å². The second-order valence-corrected chi connectivity index (χ2v) is 6.39. The smallest absolute Gasteiger partial charge is 0.275 e. The minimum Gasteiger partial charge on any atom is -0.369 e. The molecule has 0 saturated heterocycles. The summed E-state index contributed by atoms with van der Waals surface area (Å²) in [6.45, 7) is 6.98. The molecule has 0 atom stereocenters. The molecule has 0 aliphatic heterocycles. The number of aryl methyl sites for hydroxylation is 1. The van der Waals surface area contributed by atoms with Crippen LogP contribution in [-0.4, -0.2) is 22.4 Å². The van der Waals surface area contributed by atoms with E-state index >= 15 is 0 Å². The predicted molar refractivity (Wildman–Crippen MR) is 92.2 cm³/mol. The summed E-state index contributed by atoms with van der Waals surface area (Å²) < 4.78 is 0.975. The van der Waals surface area contributed by atoms with E-state index in [2.05, 4.69) is 50.4 Å². The van der Waals surface area contributed by atoms with Crippen LogP contribution in [0.3, 0.4) is 0 Å². The Kier molecular flexibility index (Phi) is 5.49. The van der Waals surface area contributed by atoms with Gasteiger partial charge in [-0.25, -0.2) is 9.97 Å². The van der Waals surface area contributed by atoms with Crippen molar-refractivity contribution in [3.63, 3.8) is 0 Å². The van der Waals surface area contributed by atoms with Crippen molar-refractivity contribution in [1.29, 1.82) is 0 Å². The number of aromatic nitrogens is 2. The van der Waals surface area contributed by atoms with Crippen LogP contribution in [0.25, 0.3) is 0 Å². The normalized spacial score (nSPS) is 10.6. The van der Waals surface area contributed by atoms with Crippen LogP contribution in [0.15, 0.2) is 35.1 Å². The molecule has 2 N–H and O–H groups in total. The molecule has 0 unspecified atom stereocenters. The second kappa shape index (κ2) is 7.35. The van der Waals surface area contributed by atoms with E-state index in [-0.39, 0.29) is 11.6 Å². The highest BCUT2D eigenvalue weighted by atomic mass is 79.9. The Bertz CT molecular complexity index is 656. The Labute approximate surface area is 138 Å². The minimum absolute atomic E-state index is 0.270. The quantitative estimate of drug-likeness (QED) is 0.846. The summed E-state index contributed by atoms with van der Waals surface area (Å²) in [6, 6.07) is 5.68. The zero-order valence-corrected chi connectivity index (χ0v) is 14.4. The number of nitrogens with zero attached hydrogens (tertiary/aromatic N) is 2. The van der Waals surface area contributed by atoms with Crippen molar-refractivity contribution in [3.8, 4) is 0 Å². The number of hydrogen-bond donors (Lipinski definition) is 2. The lowest BCUT2D eigenvalue weighted by Crippen LogP contribution is -2.16. The van der Waals surface area contributed by atoms with Crippen molar-refractivity contribution >= 4 is 33.3 Å². The van der Waals surface area contributed by atoms with E-state index in [0.29, 0.717) is 11.7 Å². The molecule has 1 amide bonds. The molecule has 0 radical (unpaired) electrons. The molecule has 116 valence electrons. The van der Waals surface area contributed by atoms with Gasteiger partial charge in [0.15, 0.2) is 0 Å². The maximum absolute atomic E-state index is 12.2. The number of nitrogens with one attached hydrogen (secondary N) is 2. The van der Waals surface area contributed by atoms with E-state index in [1.165, 1.54) is 6.20 Å². The molecule has 0 bridgehead atoms. The number of amides is 1. The molecule has 2 aromatic rings. The highest BCUT2D eigenvalue weighted by Crippen LogP contribution is 2.20. The van der Waals surface area contributed by atoms with Gasteiger partial charge in [-0.15, -0.1) is 0 Å². The topological polar surface area (TPSA) is 66.9 Å². The number of benzene rings is 1. The van der Waals surface area contributed by atoms with Gasteiger partial charge in [0.05, 0.1) is 12.4 Å².